The standard InChI is InChI=1S/C12H20N4OS/c1-7-5-4-6-10(8(7)2)13-11(17)14-12-16-15-9(3)18-12/h7-8,10H,4-6H2,1-3H3,(H2,13,14,16,17). The van der Waals surface area contributed by atoms with Gasteiger partial charge in [-0.2, -0.15) is 0 Å². The molecule has 0 radical (unpaired) electrons. The number of hydrogen-bond donors (Lipinski definition) is 2. The number of hydrogen-bond acceptors (Lipinski definition) is 4. The molecule has 3 atom stereocenters. The fourth-order valence-electron chi connectivity index (χ4n) is 2.43. The summed E-state index contributed by atoms with van der Waals surface area (Å²) in [5, 5.41) is 14.9. The van der Waals surface area contributed by atoms with Crippen molar-refractivity contribution >= 4 is 22.5 Å². The van der Waals surface area contributed by atoms with Crippen LogP contribution in [0.3, 0.4) is 0 Å². The Bertz CT molecular complexity index is 420. The molecule has 1 aliphatic rings. The number of carbonyl (C=O) groups excluding carboxylic acids is 1. The van der Waals surface area contributed by atoms with Crippen LogP contribution in [0.4, 0.5) is 9.93 Å². The normalized spacial score (nSPS) is 27.8. The molecule has 0 bridgehead atoms. The lowest BCUT2D eigenvalue weighted by Gasteiger charge is -2.34. The average molecular weight is 268 g/mol. The van der Waals surface area contributed by atoms with Crippen molar-refractivity contribution in [1.29, 1.82) is 0 Å². The number of amides is 2. The first-order chi connectivity index (χ1) is 8.56. The van der Waals surface area contributed by atoms with E-state index in [4.69, 9.17) is 0 Å². The number of rotatable bonds is 2. The smallest absolute Gasteiger partial charge is 0.321 e. The molecular formula is C12H20N4OS. The molecule has 2 rings (SSSR count). The quantitative estimate of drug-likeness (QED) is 0.866. The molecule has 3 unspecified atom stereocenters. The third-order valence-corrected chi connectivity index (χ3v) is 4.52. The first kappa shape index (κ1) is 13.3. The van der Waals surface area contributed by atoms with Gasteiger partial charge in [0.2, 0.25) is 5.13 Å². The minimum Gasteiger partial charge on any atom is -0.335 e. The summed E-state index contributed by atoms with van der Waals surface area (Å²) in [7, 11) is 0. The highest BCUT2D eigenvalue weighted by atomic mass is 32.1. The Morgan fingerprint density at radius 1 is 1.33 bits per heavy atom. The number of urea groups is 1. The van der Waals surface area contributed by atoms with Gasteiger partial charge < -0.3 is 5.32 Å². The van der Waals surface area contributed by atoms with Crippen molar-refractivity contribution in [3.8, 4) is 0 Å². The molecule has 1 fully saturated rings. The Morgan fingerprint density at radius 2 is 2.11 bits per heavy atom. The second-order valence-electron chi connectivity index (χ2n) is 5.10. The van der Waals surface area contributed by atoms with Gasteiger partial charge in [0.1, 0.15) is 5.01 Å². The summed E-state index contributed by atoms with van der Waals surface area (Å²) in [4.78, 5) is 11.9. The fraction of sp³-hybridized carbons (Fsp3) is 0.750. The molecule has 2 amide bonds. The number of nitrogens with zero attached hydrogens (tertiary/aromatic N) is 2. The summed E-state index contributed by atoms with van der Waals surface area (Å²) in [6.45, 7) is 6.33. The van der Waals surface area contributed by atoms with E-state index in [1.807, 2.05) is 6.92 Å². The Morgan fingerprint density at radius 3 is 2.78 bits per heavy atom. The molecule has 5 nitrogen and oxygen atoms in total. The molecular weight excluding hydrogens is 248 g/mol. The van der Waals surface area contributed by atoms with Gasteiger partial charge in [0, 0.05) is 6.04 Å². The van der Waals surface area contributed by atoms with Crippen LogP contribution in [-0.2, 0) is 0 Å². The van der Waals surface area contributed by atoms with Crippen molar-refractivity contribution in [2.45, 2.75) is 46.1 Å². The number of nitrogens with one attached hydrogen (secondary N) is 2. The summed E-state index contributed by atoms with van der Waals surface area (Å²) in [6, 6.07) is 0.0971. The van der Waals surface area contributed by atoms with Crippen LogP contribution in [0.5, 0.6) is 0 Å². The topological polar surface area (TPSA) is 66.9 Å². The monoisotopic (exact) mass is 268 g/mol. The Kier molecular flexibility index (Phi) is 4.16. The predicted molar refractivity (Wildman–Crippen MR) is 72.8 cm³/mol. The summed E-state index contributed by atoms with van der Waals surface area (Å²) in [6.07, 6.45) is 3.51. The van der Waals surface area contributed by atoms with Crippen LogP contribution in [-0.4, -0.2) is 22.3 Å². The van der Waals surface area contributed by atoms with Gasteiger partial charge in [-0.25, -0.2) is 4.79 Å². The zero-order valence-electron chi connectivity index (χ0n) is 11.1. The highest BCUT2D eigenvalue weighted by molar-refractivity contribution is 7.15. The van der Waals surface area contributed by atoms with Gasteiger partial charge in [0.25, 0.3) is 0 Å². The maximum absolute atomic E-state index is 11.9. The second kappa shape index (κ2) is 5.65. The molecule has 1 heterocycles. The van der Waals surface area contributed by atoms with Crippen LogP contribution in [0.15, 0.2) is 0 Å². The number of carbonyl (C=O) groups is 1. The summed E-state index contributed by atoms with van der Waals surface area (Å²) < 4.78 is 0. The van der Waals surface area contributed by atoms with E-state index in [0.717, 1.165) is 11.4 Å². The lowest BCUT2D eigenvalue weighted by atomic mass is 9.78. The third kappa shape index (κ3) is 3.19. The van der Waals surface area contributed by atoms with Crippen molar-refractivity contribution in [3.05, 3.63) is 5.01 Å². The minimum atomic E-state index is -0.169. The zero-order chi connectivity index (χ0) is 13.1. The fourth-order valence-corrected chi connectivity index (χ4v) is 3.02. The average Bonchev–Trinajstić information content (AvgIpc) is 2.70. The molecule has 18 heavy (non-hydrogen) atoms. The molecule has 1 aromatic rings. The molecule has 1 saturated carbocycles. The summed E-state index contributed by atoms with van der Waals surface area (Å²) in [5.74, 6) is 1.20. The van der Waals surface area contributed by atoms with E-state index in [-0.39, 0.29) is 12.1 Å². The highest BCUT2D eigenvalue weighted by Gasteiger charge is 2.28. The van der Waals surface area contributed by atoms with E-state index in [9.17, 15) is 4.79 Å². The number of anilines is 1. The summed E-state index contributed by atoms with van der Waals surface area (Å²) in [5.41, 5.74) is 0. The van der Waals surface area contributed by atoms with E-state index in [1.165, 1.54) is 24.2 Å². The van der Waals surface area contributed by atoms with Crippen molar-refractivity contribution in [2.24, 2.45) is 11.8 Å². The molecule has 0 aliphatic heterocycles. The SMILES string of the molecule is Cc1nnc(NC(=O)NC2CCCC(C)C2C)s1. The molecule has 6 heteroatoms. The van der Waals surface area contributed by atoms with Crippen molar-refractivity contribution < 1.29 is 4.79 Å². The van der Waals surface area contributed by atoms with Gasteiger partial charge in [-0.1, -0.05) is 38.0 Å². The molecule has 2 N–H and O–H groups in total. The van der Waals surface area contributed by atoms with Crippen LogP contribution in [0.2, 0.25) is 0 Å². The van der Waals surface area contributed by atoms with Crippen LogP contribution in [0.1, 0.15) is 38.1 Å². The van der Waals surface area contributed by atoms with Gasteiger partial charge in [-0.3, -0.25) is 5.32 Å². The van der Waals surface area contributed by atoms with Crippen molar-refractivity contribution in [1.82, 2.24) is 15.5 Å². The van der Waals surface area contributed by atoms with E-state index in [1.54, 1.807) is 0 Å². The van der Waals surface area contributed by atoms with Gasteiger partial charge >= 0.3 is 6.03 Å². The molecule has 100 valence electrons. The third-order valence-electron chi connectivity index (χ3n) is 3.77. The largest absolute Gasteiger partial charge is 0.335 e. The van der Waals surface area contributed by atoms with Gasteiger partial charge in [-0.05, 0) is 25.2 Å². The van der Waals surface area contributed by atoms with Gasteiger partial charge in [0.15, 0.2) is 0 Å². The molecule has 0 saturated heterocycles. The first-order valence-electron chi connectivity index (χ1n) is 6.44. The van der Waals surface area contributed by atoms with E-state index < -0.39 is 0 Å². The zero-order valence-corrected chi connectivity index (χ0v) is 11.9. The van der Waals surface area contributed by atoms with Crippen LogP contribution in [0, 0.1) is 18.8 Å². The minimum absolute atomic E-state index is 0.169. The molecule has 0 spiro atoms. The second-order valence-corrected chi connectivity index (χ2v) is 6.28. The van der Waals surface area contributed by atoms with Crippen LogP contribution >= 0.6 is 11.3 Å². The maximum atomic E-state index is 11.9. The Labute approximate surface area is 111 Å². The van der Waals surface area contributed by atoms with E-state index in [0.29, 0.717) is 17.0 Å². The van der Waals surface area contributed by atoms with Gasteiger partial charge in [-0.15, -0.1) is 10.2 Å². The van der Waals surface area contributed by atoms with E-state index in [2.05, 4.69) is 34.7 Å². The Balaban J connectivity index is 1.87. The number of aromatic nitrogens is 2. The highest BCUT2D eigenvalue weighted by Crippen LogP contribution is 2.29. The lowest BCUT2D eigenvalue weighted by molar-refractivity contribution is 0.201. The lowest BCUT2D eigenvalue weighted by Crippen LogP contribution is -2.45. The van der Waals surface area contributed by atoms with Gasteiger partial charge in [0.05, 0.1) is 0 Å². The maximum Gasteiger partial charge on any atom is 0.321 e. The molecule has 1 aromatic heterocycles. The van der Waals surface area contributed by atoms with Crippen molar-refractivity contribution in [2.75, 3.05) is 5.32 Å². The predicted octanol–water partition coefficient (Wildman–Crippen LogP) is 2.79. The van der Waals surface area contributed by atoms with Crippen LogP contribution < -0.4 is 10.6 Å². The van der Waals surface area contributed by atoms with Crippen molar-refractivity contribution in [3.63, 3.8) is 0 Å². The summed E-state index contributed by atoms with van der Waals surface area (Å²) >= 11 is 1.39. The first-order valence-corrected chi connectivity index (χ1v) is 7.25. The van der Waals surface area contributed by atoms with Crippen LogP contribution in [0.25, 0.3) is 0 Å². The Hall–Kier alpha value is -1.17. The molecule has 1 aliphatic carbocycles. The van der Waals surface area contributed by atoms with E-state index >= 15 is 0 Å². The molecule has 0 aromatic carbocycles. The number of aryl methyl sites for hydroxylation is 1.